The number of halogens is 2. The van der Waals surface area contributed by atoms with Gasteiger partial charge in [0.25, 0.3) is 11.8 Å². The molecule has 0 unspecified atom stereocenters. The average Bonchev–Trinajstić information content (AvgIpc) is 2.98. The SMILES string of the molecule is O=C1C(SCc2ccccc2)=C(c2ccc(Cl)cc2)C(=O)N1c1ccccc1Cl. The van der Waals surface area contributed by atoms with E-state index in [1.165, 1.54) is 11.8 Å². The van der Waals surface area contributed by atoms with Gasteiger partial charge in [-0.2, -0.15) is 0 Å². The largest absolute Gasteiger partial charge is 0.272 e. The van der Waals surface area contributed by atoms with Crippen LogP contribution in [-0.4, -0.2) is 11.8 Å². The fourth-order valence-corrected chi connectivity index (χ4v) is 4.51. The van der Waals surface area contributed by atoms with Crippen LogP contribution in [-0.2, 0) is 15.3 Å². The fraction of sp³-hybridized carbons (Fsp3) is 0.0435. The number of amides is 2. The molecule has 6 heteroatoms. The zero-order valence-corrected chi connectivity index (χ0v) is 17.5. The molecule has 0 spiro atoms. The molecule has 0 aromatic heterocycles. The van der Waals surface area contributed by atoms with Crippen molar-refractivity contribution in [1.29, 1.82) is 0 Å². The number of benzene rings is 3. The van der Waals surface area contributed by atoms with Gasteiger partial charge in [0.1, 0.15) is 0 Å². The Hall–Kier alpha value is -2.53. The van der Waals surface area contributed by atoms with Gasteiger partial charge in [-0.05, 0) is 35.4 Å². The molecule has 0 bridgehead atoms. The van der Waals surface area contributed by atoms with Gasteiger partial charge >= 0.3 is 0 Å². The van der Waals surface area contributed by atoms with Crippen LogP contribution >= 0.6 is 35.0 Å². The van der Waals surface area contributed by atoms with Crippen molar-refractivity contribution >= 4 is 58.0 Å². The molecule has 2 amide bonds. The minimum Gasteiger partial charge on any atom is -0.268 e. The molecule has 1 aliphatic rings. The van der Waals surface area contributed by atoms with Crippen LogP contribution < -0.4 is 4.90 Å². The summed E-state index contributed by atoms with van der Waals surface area (Å²) in [5, 5.41) is 0.909. The molecule has 0 aliphatic carbocycles. The van der Waals surface area contributed by atoms with Crippen LogP contribution in [0.5, 0.6) is 0 Å². The fourth-order valence-electron chi connectivity index (χ4n) is 3.10. The smallest absolute Gasteiger partial charge is 0.268 e. The van der Waals surface area contributed by atoms with Crippen LogP contribution in [0.3, 0.4) is 0 Å². The van der Waals surface area contributed by atoms with Crippen LogP contribution in [0, 0.1) is 0 Å². The van der Waals surface area contributed by atoms with E-state index in [0.717, 1.165) is 10.5 Å². The maximum atomic E-state index is 13.3. The Morgan fingerprint density at radius 3 is 2.10 bits per heavy atom. The van der Waals surface area contributed by atoms with Crippen molar-refractivity contribution in [3.05, 3.63) is 105 Å². The highest BCUT2D eigenvalue weighted by molar-refractivity contribution is 8.03. The maximum Gasteiger partial charge on any atom is 0.272 e. The molecular formula is C23H15Cl2NO2S. The van der Waals surface area contributed by atoms with Gasteiger partial charge in [0.05, 0.1) is 21.2 Å². The molecule has 144 valence electrons. The van der Waals surface area contributed by atoms with Gasteiger partial charge in [0.2, 0.25) is 0 Å². The van der Waals surface area contributed by atoms with Crippen molar-refractivity contribution in [2.75, 3.05) is 4.90 Å². The van der Waals surface area contributed by atoms with E-state index in [4.69, 9.17) is 23.2 Å². The summed E-state index contributed by atoms with van der Waals surface area (Å²) < 4.78 is 0. The number of nitrogens with zero attached hydrogens (tertiary/aromatic N) is 1. The summed E-state index contributed by atoms with van der Waals surface area (Å²) in [7, 11) is 0. The third-order valence-corrected chi connectivity index (χ3v) is 6.21. The highest BCUT2D eigenvalue weighted by atomic mass is 35.5. The zero-order valence-electron chi connectivity index (χ0n) is 15.1. The average molecular weight is 440 g/mol. The molecule has 0 fully saturated rings. The Morgan fingerprint density at radius 1 is 0.759 bits per heavy atom. The highest BCUT2D eigenvalue weighted by Crippen LogP contribution is 2.41. The predicted octanol–water partition coefficient (Wildman–Crippen LogP) is 6.21. The van der Waals surface area contributed by atoms with Gasteiger partial charge in [-0.15, -0.1) is 11.8 Å². The highest BCUT2D eigenvalue weighted by Gasteiger charge is 2.40. The van der Waals surface area contributed by atoms with Crippen LogP contribution in [0.2, 0.25) is 10.0 Å². The van der Waals surface area contributed by atoms with E-state index in [1.807, 2.05) is 30.3 Å². The van der Waals surface area contributed by atoms with Gasteiger partial charge in [0.15, 0.2) is 0 Å². The van der Waals surface area contributed by atoms with Crippen LogP contribution in [0.25, 0.3) is 5.57 Å². The lowest BCUT2D eigenvalue weighted by molar-refractivity contribution is -0.119. The van der Waals surface area contributed by atoms with Crippen molar-refractivity contribution in [3.8, 4) is 0 Å². The molecule has 0 N–H and O–H groups in total. The van der Waals surface area contributed by atoms with E-state index in [1.54, 1.807) is 48.5 Å². The van der Waals surface area contributed by atoms with E-state index in [9.17, 15) is 9.59 Å². The standard InChI is InChI=1S/C23H15Cl2NO2S/c24-17-12-10-16(11-13-17)20-21(29-14-15-6-2-1-3-7-15)23(28)26(22(20)27)19-9-5-4-8-18(19)25/h1-13H,14H2. The van der Waals surface area contributed by atoms with Gasteiger partial charge < -0.3 is 0 Å². The van der Waals surface area contributed by atoms with Gasteiger partial charge in [-0.1, -0.05) is 77.8 Å². The van der Waals surface area contributed by atoms with Gasteiger partial charge in [-0.3, -0.25) is 9.59 Å². The number of rotatable bonds is 5. The van der Waals surface area contributed by atoms with Crippen LogP contribution in [0.1, 0.15) is 11.1 Å². The van der Waals surface area contributed by atoms with E-state index < -0.39 is 0 Å². The quantitative estimate of drug-likeness (QED) is 0.443. The topological polar surface area (TPSA) is 37.4 Å². The Labute approximate surface area is 182 Å². The normalized spacial score (nSPS) is 14.1. The monoisotopic (exact) mass is 439 g/mol. The molecule has 1 heterocycles. The summed E-state index contributed by atoms with van der Waals surface area (Å²) in [5.74, 6) is -0.183. The number of imide groups is 1. The molecule has 0 saturated carbocycles. The summed E-state index contributed by atoms with van der Waals surface area (Å²) in [5.41, 5.74) is 2.47. The first-order chi connectivity index (χ1) is 14.1. The first-order valence-corrected chi connectivity index (χ1v) is 10.6. The van der Waals surface area contributed by atoms with Gasteiger partial charge in [-0.25, -0.2) is 4.90 Å². The number of hydrogen-bond donors (Lipinski definition) is 0. The van der Waals surface area contributed by atoms with Crippen molar-refractivity contribution in [2.24, 2.45) is 0 Å². The summed E-state index contributed by atoms with van der Waals surface area (Å²) >= 11 is 13.6. The summed E-state index contributed by atoms with van der Waals surface area (Å²) in [6, 6.07) is 23.6. The number of carbonyl (C=O) groups is 2. The van der Waals surface area contributed by atoms with Crippen LogP contribution in [0.15, 0.2) is 83.8 Å². The minimum atomic E-state index is -0.388. The molecule has 3 nitrogen and oxygen atoms in total. The third-order valence-electron chi connectivity index (χ3n) is 4.49. The summed E-state index contributed by atoms with van der Waals surface area (Å²) in [6.07, 6.45) is 0. The van der Waals surface area contributed by atoms with E-state index in [-0.39, 0.29) is 11.8 Å². The number of carbonyl (C=O) groups excluding carboxylic acids is 2. The van der Waals surface area contributed by atoms with E-state index in [0.29, 0.717) is 37.5 Å². The minimum absolute atomic E-state index is 0.346. The lowest BCUT2D eigenvalue weighted by Gasteiger charge is -2.16. The summed E-state index contributed by atoms with van der Waals surface area (Å²) in [6.45, 7) is 0. The molecule has 1 aliphatic heterocycles. The van der Waals surface area contributed by atoms with E-state index in [2.05, 4.69) is 0 Å². The molecule has 4 rings (SSSR count). The molecule has 0 atom stereocenters. The lowest BCUT2D eigenvalue weighted by atomic mass is 10.1. The maximum absolute atomic E-state index is 13.3. The molecular weight excluding hydrogens is 425 g/mol. The van der Waals surface area contributed by atoms with Gasteiger partial charge in [0, 0.05) is 10.8 Å². The predicted molar refractivity (Wildman–Crippen MR) is 120 cm³/mol. The number of hydrogen-bond acceptors (Lipinski definition) is 3. The number of anilines is 1. The molecule has 3 aromatic rings. The Balaban J connectivity index is 1.76. The number of para-hydroxylation sites is 1. The second kappa shape index (κ2) is 8.46. The molecule has 29 heavy (non-hydrogen) atoms. The van der Waals surface area contributed by atoms with Crippen molar-refractivity contribution < 1.29 is 9.59 Å². The molecule has 3 aromatic carbocycles. The third kappa shape index (κ3) is 3.97. The first-order valence-electron chi connectivity index (χ1n) is 8.86. The van der Waals surface area contributed by atoms with Crippen LogP contribution in [0.4, 0.5) is 5.69 Å². The van der Waals surface area contributed by atoms with Crippen molar-refractivity contribution in [1.82, 2.24) is 0 Å². The van der Waals surface area contributed by atoms with E-state index >= 15 is 0 Å². The molecule has 0 saturated heterocycles. The Kier molecular flexibility index (Phi) is 5.76. The second-order valence-electron chi connectivity index (χ2n) is 6.38. The second-order valence-corrected chi connectivity index (χ2v) is 8.21. The summed E-state index contributed by atoms with van der Waals surface area (Å²) in [4.78, 5) is 28.2. The number of thioether (sulfide) groups is 1. The van der Waals surface area contributed by atoms with Crippen molar-refractivity contribution in [3.63, 3.8) is 0 Å². The Bertz CT molecular complexity index is 1110. The Morgan fingerprint density at radius 2 is 1.41 bits per heavy atom. The lowest BCUT2D eigenvalue weighted by Crippen LogP contribution is -2.31. The van der Waals surface area contributed by atoms with Crippen molar-refractivity contribution in [2.45, 2.75) is 5.75 Å². The first kappa shape index (κ1) is 19.8. The zero-order chi connectivity index (χ0) is 20.4. The molecule has 0 radical (unpaired) electrons.